The number of benzene rings is 1. The van der Waals surface area contributed by atoms with Crippen molar-refractivity contribution in [1.29, 1.82) is 0 Å². The summed E-state index contributed by atoms with van der Waals surface area (Å²) in [6.07, 6.45) is 0. The van der Waals surface area contributed by atoms with Gasteiger partial charge in [-0.15, -0.1) is 0 Å². The number of nitrogens with two attached hydrogens (primary N) is 1. The number of hydrogen-bond donors (Lipinski definition) is 1. The summed E-state index contributed by atoms with van der Waals surface area (Å²) in [4.78, 5) is 25.4. The fraction of sp³-hybridized carbons (Fsp3) is 0.429. The number of anilines is 1. The van der Waals surface area contributed by atoms with Crippen molar-refractivity contribution in [3.05, 3.63) is 29.8 Å². The maximum Gasteiger partial charge on any atom is 0.325 e. The molecule has 1 amide bonds. The molecular weight excluding hydrogens is 244 g/mol. The average molecular weight is 264 g/mol. The van der Waals surface area contributed by atoms with Crippen LogP contribution in [0, 0.1) is 0 Å². The number of esters is 1. The molecule has 19 heavy (non-hydrogen) atoms. The van der Waals surface area contributed by atoms with Gasteiger partial charge < -0.3 is 15.4 Å². The van der Waals surface area contributed by atoms with Crippen LogP contribution in [0.15, 0.2) is 24.3 Å². The van der Waals surface area contributed by atoms with Gasteiger partial charge in [0.05, 0.1) is 12.7 Å². The molecular formula is C14H20N2O3. The second kappa shape index (κ2) is 5.73. The van der Waals surface area contributed by atoms with E-state index in [4.69, 9.17) is 5.73 Å². The van der Waals surface area contributed by atoms with Crippen LogP contribution in [0.1, 0.15) is 31.1 Å². The lowest BCUT2D eigenvalue weighted by molar-refractivity contribution is -0.142. The van der Waals surface area contributed by atoms with E-state index in [0.717, 1.165) is 0 Å². The van der Waals surface area contributed by atoms with E-state index in [2.05, 4.69) is 4.74 Å². The number of hydrogen-bond acceptors (Lipinski definition) is 4. The molecule has 0 spiro atoms. The maximum atomic E-state index is 12.5. The van der Waals surface area contributed by atoms with Gasteiger partial charge in [0.15, 0.2) is 0 Å². The molecule has 0 saturated carbocycles. The Bertz CT molecular complexity index is 478. The molecule has 2 N–H and O–H groups in total. The molecule has 5 heteroatoms. The second-order valence-corrected chi connectivity index (χ2v) is 5.23. The van der Waals surface area contributed by atoms with Crippen molar-refractivity contribution in [2.45, 2.75) is 26.3 Å². The van der Waals surface area contributed by atoms with Gasteiger partial charge in [0.25, 0.3) is 5.91 Å². The lowest BCUT2D eigenvalue weighted by Gasteiger charge is -2.35. The third-order valence-electron chi connectivity index (χ3n) is 2.76. The van der Waals surface area contributed by atoms with Crippen LogP contribution in [0.5, 0.6) is 0 Å². The number of para-hydroxylation sites is 1. The smallest absolute Gasteiger partial charge is 0.325 e. The first-order valence-electron chi connectivity index (χ1n) is 6.00. The predicted octanol–water partition coefficient (Wildman–Crippen LogP) is 1.68. The number of nitrogen functional groups attached to an aromatic ring is 1. The van der Waals surface area contributed by atoms with E-state index < -0.39 is 11.5 Å². The van der Waals surface area contributed by atoms with Crippen molar-refractivity contribution in [3.63, 3.8) is 0 Å². The van der Waals surface area contributed by atoms with Crippen LogP contribution in [0.3, 0.4) is 0 Å². The second-order valence-electron chi connectivity index (χ2n) is 5.23. The summed E-state index contributed by atoms with van der Waals surface area (Å²) in [7, 11) is 1.30. The number of ether oxygens (including phenoxy) is 1. The highest BCUT2D eigenvalue weighted by Gasteiger charge is 2.30. The summed E-state index contributed by atoms with van der Waals surface area (Å²) < 4.78 is 4.63. The SMILES string of the molecule is COC(=O)CN(C(=O)c1ccccc1N)C(C)(C)C. The molecule has 0 saturated heterocycles. The van der Waals surface area contributed by atoms with Gasteiger partial charge in [0, 0.05) is 11.2 Å². The van der Waals surface area contributed by atoms with Crippen LogP contribution in [0.2, 0.25) is 0 Å². The van der Waals surface area contributed by atoms with Gasteiger partial charge in [-0.1, -0.05) is 12.1 Å². The van der Waals surface area contributed by atoms with Crippen LogP contribution in [-0.2, 0) is 9.53 Å². The van der Waals surface area contributed by atoms with Crippen molar-refractivity contribution in [3.8, 4) is 0 Å². The molecule has 0 fully saturated rings. The quantitative estimate of drug-likeness (QED) is 0.666. The molecule has 0 aliphatic carbocycles. The summed E-state index contributed by atoms with van der Waals surface area (Å²) >= 11 is 0. The molecule has 0 atom stereocenters. The molecule has 0 aliphatic heterocycles. The van der Waals surface area contributed by atoms with Gasteiger partial charge in [-0.25, -0.2) is 0 Å². The molecule has 0 radical (unpaired) electrons. The first-order valence-corrected chi connectivity index (χ1v) is 6.00. The highest BCUT2D eigenvalue weighted by atomic mass is 16.5. The summed E-state index contributed by atoms with van der Waals surface area (Å²) in [5, 5.41) is 0. The minimum atomic E-state index is -0.506. The van der Waals surface area contributed by atoms with Gasteiger partial charge >= 0.3 is 5.97 Å². The number of rotatable bonds is 3. The molecule has 0 heterocycles. The highest BCUT2D eigenvalue weighted by Crippen LogP contribution is 2.20. The van der Waals surface area contributed by atoms with E-state index in [0.29, 0.717) is 11.3 Å². The van der Waals surface area contributed by atoms with Crippen molar-refractivity contribution >= 4 is 17.6 Å². The van der Waals surface area contributed by atoms with E-state index in [1.54, 1.807) is 24.3 Å². The number of amides is 1. The number of nitrogens with zero attached hydrogens (tertiary/aromatic N) is 1. The molecule has 5 nitrogen and oxygen atoms in total. The van der Waals surface area contributed by atoms with Gasteiger partial charge in [-0.2, -0.15) is 0 Å². The summed E-state index contributed by atoms with van der Waals surface area (Å²) in [5.74, 6) is -0.742. The molecule has 1 aromatic rings. The average Bonchev–Trinajstić information content (AvgIpc) is 2.34. The van der Waals surface area contributed by atoms with Crippen LogP contribution < -0.4 is 5.73 Å². The van der Waals surface area contributed by atoms with Crippen molar-refractivity contribution in [2.75, 3.05) is 19.4 Å². The molecule has 0 bridgehead atoms. The lowest BCUT2D eigenvalue weighted by Crippen LogP contribution is -2.48. The van der Waals surface area contributed by atoms with E-state index in [1.807, 2.05) is 20.8 Å². The van der Waals surface area contributed by atoms with Crippen LogP contribution in [0.25, 0.3) is 0 Å². The Morgan fingerprint density at radius 2 is 1.84 bits per heavy atom. The molecule has 0 aliphatic rings. The van der Waals surface area contributed by atoms with Crippen molar-refractivity contribution in [1.82, 2.24) is 4.90 Å². The third-order valence-corrected chi connectivity index (χ3v) is 2.76. The molecule has 0 unspecified atom stereocenters. The molecule has 1 rings (SSSR count). The topological polar surface area (TPSA) is 72.6 Å². The Morgan fingerprint density at radius 1 is 1.26 bits per heavy atom. The maximum absolute atomic E-state index is 12.5. The number of methoxy groups -OCH3 is 1. The van der Waals surface area contributed by atoms with E-state index in [9.17, 15) is 9.59 Å². The van der Waals surface area contributed by atoms with E-state index in [1.165, 1.54) is 12.0 Å². The lowest BCUT2D eigenvalue weighted by atomic mass is 10.0. The fourth-order valence-corrected chi connectivity index (χ4v) is 1.64. The van der Waals surface area contributed by atoms with Gasteiger partial charge in [-0.05, 0) is 32.9 Å². The first kappa shape index (κ1) is 15.0. The molecule has 1 aromatic carbocycles. The van der Waals surface area contributed by atoms with Crippen molar-refractivity contribution in [2.24, 2.45) is 0 Å². The van der Waals surface area contributed by atoms with E-state index in [-0.39, 0.29) is 12.5 Å². The third kappa shape index (κ3) is 3.71. The normalized spacial score (nSPS) is 10.9. The summed E-state index contributed by atoms with van der Waals surface area (Å²) in [6, 6.07) is 6.80. The monoisotopic (exact) mass is 264 g/mol. The van der Waals surface area contributed by atoms with Gasteiger partial charge in [0.2, 0.25) is 0 Å². The highest BCUT2D eigenvalue weighted by molar-refractivity contribution is 6.00. The first-order chi connectivity index (χ1) is 8.77. The standard InChI is InChI=1S/C14H20N2O3/c1-14(2,3)16(9-12(17)19-4)13(18)10-7-5-6-8-11(10)15/h5-8H,9,15H2,1-4H3. The fourth-order valence-electron chi connectivity index (χ4n) is 1.64. The number of carbonyl (C=O) groups is 2. The van der Waals surface area contributed by atoms with Crippen LogP contribution >= 0.6 is 0 Å². The zero-order chi connectivity index (χ0) is 14.6. The Hall–Kier alpha value is -2.04. The van der Waals surface area contributed by atoms with Gasteiger partial charge in [-0.3, -0.25) is 9.59 Å². The Morgan fingerprint density at radius 3 is 2.32 bits per heavy atom. The van der Waals surface area contributed by atoms with Gasteiger partial charge in [0.1, 0.15) is 6.54 Å². The van der Waals surface area contributed by atoms with E-state index >= 15 is 0 Å². The van der Waals surface area contributed by atoms with Crippen LogP contribution in [0.4, 0.5) is 5.69 Å². The minimum Gasteiger partial charge on any atom is -0.468 e. The molecule has 0 aromatic heterocycles. The minimum absolute atomic E-state index is 0.104. The Labute approximate surface area is 113 Å². The zero-order valence-corrected chi connectivity index (χ0v) is 11.8. The predicted molar refractivity (Wildman–Crippen MR) is 73.7 cm³/mol. The Balaban J connectivity index is 3.09. The largest absolute Gasteiger partial charge is 0.468 e. The zero-order valence-electron chi connectivity index (χ0n) is 11.8. The molecule has 104 valence electrons. The summed E-state index contributed by atoms with van der Waals surface area (Å²) in [6.45, 7) is 5.46. The van der Waals surface area contributed by atoms with Crippen molar-refractivity contribution < 1.29 is 14.3 Å². The Kier molecular flexibility index (Phi) is 4.53. The summed E-state index contributed by atoms with van der Waals surface area (Å²) in [5.41, 5.74) is 6.08. The number of carbonyl (C=O) groups excluding carboxylic acids is 2. The van der Waals surface area contributed by atoms with Crippen LogP contribution in [-0.4, -0.2) is 36.0 Å².